The zero-order valence-electron chi connectivity index (χ0n) is 8.99. The SMILES string of the molecule is Fc1cccc(CNCCc2ncno2)c1Br. The Balaban J connectivity index is 1.80. The van der Waals surface area contributed by atoms with Crippen molar-refractivity contribution < 1.29 is 8.91 Å². The standard InChI is InChI=1S/C11H11BrFN3O/c12-11-8(2-1-3-9(11)13)6-14-5-4-10-15-7-16-17-10/h1-3,7,14H,4-6H2. The monoisotopic (exact) mass is 299 g/mol. The molecule has 0 aliphatic rings. The Hall–Kier alpha value is -1.27. The molecule has 0 fully saturated rings. The van der Waals surface area contributed by atoms with Gasteiger partial charge in [-0.25, -0.2) is 4.39 Å². The van der Waals surface area contributed by atoms with Crippen molar-refractivity contribution >= 4 is 15.9 Å². The van der Waals surface area contributed by atoms with Crippen molar-refractivity contribution in [3.63, 3.8) is 0 Å². The molecule has 1 aromatic carbocycles. The molecule has 0 aliphatic heterocycles. The average molecular weight is 300 g/mol. The highest BCUT2D eigenvalue weighted by Crippen LogP contribution is 2.19. The van der Waals surface area contributed by atoms with Crippen molar-refractivity contribution in [3.05, 3.63) is 46.3 Å². The zero-order valence-corrected chi connectivity index (χ0v) is 10.6. The second kappa shape index (κ2) is 5.88. The molecule has 1 heterocycles. The van der Waals surface area contributed by atoms with Gasteiger partial charge in [0, 0.05) is 19.5 Å². The van der Waals surface area contributed by atoms with Gasteiger partial charge in [-0.05, 0) is 27.6 Å². The lowest BCUT2D eigenvalue weighted by Gasteiger charge is -2.06. The highest BCUT2D eigenvalue weighted by Gasteiger charge is 2.04. The van der Waals surface area contributed by atoms with E-state index in [9.17, 15) is 4.39 Å². The van der Waals surface area contributed by atoms with Crippen LogP contribution in [0, 0.1) is 5.82 Å². The van der Waals surface area contributed by atoms with Gasteiger partial charge < -0.3 is 9.84 Å². The summed E-state index contributed by atoms with van der Waals surface area (Å²) in [6.07, 6.45) is 2.03. The molecule has 0 spiro atoms. The summed E-state index contributed by atoms with van der Waals surface area (Å²) in [4.78, 5) is 3.91. The highest BCUT2D eigenvalue weighted by atomic mass is 79.9. The van der Waals surface area contributed by atoms with Gasteiger partial charge >= 0.3 is 0 Å². The number of benzene rings is 1. The summed E-state index contributed by atoms with van der Waals surface area (Å²) >= 11 is 3.22. The van der Waals surface area contributed by atoms with E-state index in [1.165, 1.54) is 12.4 Å². The molecule has 0 aliphatic carbocycles. The van der Waals surface area contributed by atoms with E-state index in [-0.39, 0.29) is 5.82 Å². The lowest BCUT2D eigenvalue weighted by molar-refractivity contribution is 0.375. The van der Waals surface area contributed by atoms with Crippen LogP contribution in [0.4, 0.5) is 4.39 Å². The number of nitrogens with zero attached hydrogens (tertiary/aromatic N) is 2. The van der Waals surface area contributed by atoms with E-state index < -0.39 is 0 Å². The highest BCUT2D eigenvalue weighted by molar-refractivity contribution is 9.10. The Morgan fingerprint density at radius 1 is 1.41 bits per heavy atom. The maximum Gasteiger partial charge on any atom is 0.227 e. The van der Waals surface area contributed by atoms with Gasteiger partial charge in [0.15, 0.2) is 6.33 Å². The summed E-state index contributed by atoms with van der Waals surface area (Å²) in [6, 6.07) is 4.98. The van der Waals surface area contributed by atoms with Gasteiger partial charge in [0.2, 0.25) is 5.89 Å². The van der Waals surface area contributed by atoms with E-state index in [2.05, 4.69) is 31.4 Å². The molecule has 6 heteroatoms. The first-order valence-electron chi connectivity index (χ1n) is 5.16. The fourth-order valence-corrected chi connectivity index (χ4v) is 1.81. The second-order valence-electron chi connectivity index (χ2n) is 3.47. The largest absolute Gasteiger partial charge is 0.340 e. The minimum absolute atomic E-state index is 0.249. The van der Waals surface area contributed by atoms with Crippen LogP contribution >= 0.6 is 15.9 Å². The maximum absolute atomic E-state index is 13.2. The van der Waals surface area contributed by atoms with Gasteiger partial charge in [0.1, 0.15) is 5.82 Å². The van der Waals surface area contributed by atoms with Crippen molar-refractivity contribution in [3.8, 4) is 0 Å². The number of aromatic nitrogens is 2. The van der Waals surface area contributed by atoms with Crippen LogP contribution in [0.25, 0.3) is 0 Å². The Labute approximate surface area is 106 Å². The molecule has 0 radical (unpaired) electrons. The molecule has 0 bridgehead atoms. The molecule has 90 valence electrons. The lowest BCUT2D eigenvalue weighted by atomic mass is 10.2. The predicted octanol–water partition coefficient (Wildman–Crippen LogP) is 2.30. The van der Waals surface area contributed by atoms with Gasteiger partial charge in [-0.15, -0.1) is 0 Å². The van der Waals surface area contributed by atoms with E-state index in [1.807, 2.05) is 6.07 Å². The molecule has 0 atom stereocenters. The van der Waals surface area contributed by atoms with Crippen molar-refractivity contribution in [1.82, 2.24) is 15.5 Å². The van der Waals surface area contributed by atoms with Crippen LogP contribution in [0.3, 0.4) is 0 Å². The summed E-state index contributed by atoms with van der Waals surface area (Å²) in [5, 5.41) is 6.70. The number of halogens is 2. The second-order valence-corrected chi connectivity index (χ2v) is 4.27. The van der Waals surface area contributed by atoms with Crippen LogP contribution in [0.2, 0.25) is 0 Å². The normalized spacial score (nSPS) is 10.7. The van der Waals surface area contributed by atoms with Crippen LogP contribution in [0.5, 0.6) is 0 Å². The summed E-state index contributed by atoms with van der Waals surface area (Å²) < 4.78 is 18.6. The summed E-state index contributed by atoms with van der Waals surface area (Å²) in [6.45, 7) is 1.29. The van der Waals surface area contributed by atoms with E-state index in [1.54, 1.807) is 6.07 Å². The van der Waals surface area contributed by atoms with Crippen LogP contribution in [0.15, 0.2) is 33.5 Å². The van der Waals surface area contributed by atoms with Gasteiger partial charge in [0.25, 0.3) is 0 Å². The molecule has 17 heavy (non-hydrogen) atoms. The van der Waals surface area contributed by atoms with Crippen molar-refractivity contribution in [1.29, 1.82) is 0 Å². The predicted molar refractivity (Wildman–Crippen MR) is 63.8 cm³/mol. The zero-order chi connectivity index (χ0) is 12.1. The van der Waals surface area contributed by atoms with E-state index in [4.69, 9.17) is 4.52 Å². The van der Waals surface area contributed by atoms with Gasteiger partial charge in [-0.3, -0.25) is 0 Å². The molecule has 2 rings (SSSR count). The third kappa shape index (κ3) is 3.34. The number of nitrogens with one attached hydrogen (secondary N) is 1. The molecule has 0 unspecified atom stereocenters. The quantitative estimate of drug-likeness (QED) is 0.861. The Morgan fingerprint density at radius 3 is 3.06 bits per heavy atom. The topological polar surface area (TPSA) is 51.0 Å². The first-order chi connectivity index (χ1) is 8.27. The summed E-state index contributed by atoms with van der Waals surface area (Å²) in [5.74, 6) is 0.344. The lowest BCUT2D eigenvalue weighted by Crippen LogP contribution is -2.17. The minimum Gasteiger partial charge on any atom is -0.340 e. The first-order valence-corrected chi connectivity index (χ1v) is 5.96. The molecular weight excluding hydrogens is 289 g/mol. The molecule has 1 aromatic heterocycles. The Bertz CT molecular complexity index is 476. The molecule has 0 saturated carbocycles. The fraction of sp³-hybridized carbons (Fsp3) is 0.273. The van der Waals surface area contributed by atoms with Crippen LogP contribution in [-0.4, -0.2) is 16.7 Å². The Kier molecular flexibility index (Phi) is 4.22. The van der Waals surface area contributed by atoms with Crippen LogP contribution < -0.4 is 5.32 Å². The first kappa shape index (κ1) is 12.2. The third-order valence-corrected chi connectivity index (χ3v) is 3.16. The van der Waals surface area contributed by atoms with Crippen molar-refractivity contribution in [2.24, 2.45) is 0 Å². The van der Waals surface area contributed by atoms with Gasteiger partial charge in [0.05, 0.1) is 4.47 Å². The summed E-state index contributed by atoms with van der Waals surface area (Å²) in [5.41, 5.74) is 0.885. The Morgan fingerprint density at radius 2 is 2.29 bits per heavy atom. The van der Waals surface area contributed by atoms with Gasteiger partial charge in [-0.1, -0.05) is 17.3 Å². The molecule has 1 N–H and O–H groups in total. The molecular formula is C11H11BrFN3O. The van der Waals surface area contributed by atoms with Crippen molar-refractivity contribution in [2.45, 2.75) is 13.0 Å². The smallest absolute Gasteiger partial charge is 0.227 e. The maximum atomic E-state index is 13.2. The average Bonchev–Trinajstić information content (AvgIpc) is 2.83. The molecule has 0 amide bonds. The van der Waals surface area contributed by atoms with Gasteiger partial charge in [-0.2, -0.15) is 4.98 Å². The third-order valence-electron chi connectivity index (χ3n) is 2.27. The molecule has 4 nitrogen and oxygen atoms in total. The molecule has 2 aromatic rings. The van der Waals surface area contributed by atoms with Crippen molar-refractivity contribution in [2.75, 3.05) is 6.54 Å². The summed E-state index contributed by atoms with van der Waals surface area (Å²) in [7, 11) is 0. The van der Waals surface area contributed by atoms with E-state index in [0.29, 0.717) is 29.9 Å². The minimum atomic E-state index is -0.249. The number of rotatable bonds is 5. The number of hydrogen-bond acceptors (Lipinski definition) is 4. The fourth-order valence-electron chi connectivity index (χ4n) is 1.41. The van der Waals surface area contributed by atoms with E-state index >= 15 is 0 Å². The van der Waals surface area contributed by atoms with Crippen LogP contribution in [0.1, 0.15) is 11.5 Å². The van der Waals surface area contributed by atoms with E-state index in [0.717, 1.165) is 5.56 Å². The molecule has 0 saturated heterocycles. The number of hydrogen-bond donors (Lipinski definition) is 1. The van der Waals surface area contributed by atoms with Crippen LogP contribution in [-0.2, 0) is 13.0 Å².